The van der Waals surface area contributed by atoms with Gasteiger partial charge in [-0.15, -0.1) is 0 Å². The highest BCUT2D eigenvalue weighted by atomic mass is 16.5. The Morgan fingerprint density at radius 2 is 1.70 bits per heavy atom. The zero-order valence-corrected chi connectivity index (χ0v) is 16.7. The monoisotopic (exact) mass is 378 g/mol. The molecule has 27 heavy (non-hydrogen) atoms. The second kappa shape index (κ2) is 8.58. The average Bonchev–Trinajstić information content (AvgIpc) is 2.67. The average molecular weight is 378 g/mol. The van der Waals surface area contributed by atoms with E-state index in [0.29, 0.717) is 43.4 Å². The molecule has 0 unspecified atom stereocenters. The van der Waals surface area contributed by atoms with Gasteiger partial charge in [-0.3, -0.25) is 19.4 Å². The van der Waals surface area contributed by atoms with E-state index in [-0.39, 0.29) is 17.9 Å². The van der Waals surface area contributed by atoms with Crippen molar-refractivity contribution in [3.63, 3.8) is 0 Å². The van der Waals surface area contributed by atoms with E-state index < -0.39 is 5.54 Å². The third-order valence-electron chi connectivity index (χ3n) is 5.29. The summed E-state index contributed by atoms with van der Waals surface area (Å²) in [5.41, 5.74) is 5.46. The summed E-state index contributed by atoms with van der Waals surface area (Å²) in [6, 6.07) is 4.97. The van der Waals surface area contributed by atoms with Gasteiger partial charge in [0.15, 0.2) is 11.5 Å². The van der Waals surface area contributed by atoms with Gasteiger partial charge in [0.1, 0.15) is 0 Å². The van der Waals surface area contributed by atoms with Crippen molar-refractivity contribution >= 4 is 17.5 Å². The minimum atomic E-state index is -0.683. The maximum absolute atomic E-state index is 12.6. The first kappa shape index (κ1) is 21.0. The van der Waals surface area contributed by atoms with Crippen LogP contribution in [0.15, 0.2) is 18.2 Å². The van der Waals surface area contributed by atoms with Gasteiger partial charge in [0, 0.05) is 37.9 Å². The number of carbonyl (C=O) groups is 2. The lowest BCUT2D eigenvalue weighted by Gasteiger charge is -2.43. The minimum absolute atomic E-state index is 0.0927. The lowest BCUT2D eigenvalue weighted by Crippen LogP contribution is -2.61. The number of hydrogen-bond donors (Lipinski definition) is 2. The van der Waals surface area contributed by atoms with Crippen LogP contribution in [-0.4, -0.2) is 73.6 Å². The van der Waals surface area contributed by atoms with Gasteiger partial charge in [0.2, 0.25) is 11.8 Å². The summed E-state index contributed by atoms with van der Waals surface area (Å²) in [5.74, 6) is 0.738. The molecule has 2 amide bonds. The molecule has 0 radical (unpaired) electrons. The number of primary amides is 1. The van der Waals surface area contributed by atoms with E-state index in [2.05, 4.69) is 15.1 Å². The molecule has 0 aromatic heterocycles. The van der Waals surface area contributed by atoms with Gasteiger partial charge >= 0.3 is 0 Å². The number of anilines is 1. The third kappa shape index (κ3) is 4.70. The Kier molecular flexibility index (Phi) is 6.67. The molecular weight excluding hydrogens is 348 g/mol. The summed E-state index contributed by atoms with van der Waals surface area (Å²) < 4.78 is 10.5. The fourth-order valence-electron chi connectivity index (χ4n) is 3.15. The standard InChI is InChI=1S/C19H30N4O4/c1-13(22-8-10-23(11-9-22)19(2,3)18(20)25)17(24)21-14-6-7-15(26-4)16(12-14)27-5/h6-7,12-13H,8-11H2,1-5H3,(H2,20,25)(H,21,24)/t13-/m1/s1. The molecule has 0 bridgehead atoms. The van der Waals surface area contributed by atoms with Crippen molar-refractivity contribution in [3.05, 3.63) is 18.2 Å². The molecule has 1 aromatic rings. The van der Waals surface area contributed by atoms with Gasteiger partial charge in [0.05, 0.1) is 25.8 Å². The second-order valence-electron chi connectivity index (χ2n) is 7.18. The van der Waals surface area contributed by atoms with E-state index >= 15 is 0 Å². The van der Waals surface area contributed by atoms with Crippen molar-refractivity contribution in [2.24, 2.45) is 5.73 Å². The maximum Gasteiger partial charge on any atom is 0.241 e. The van der Waals surface area contributed by atoms with Crippen LogP contribution in [0.2, 0.25) is 0 Å². The molecule has 1 atom stereocenters. The number of nitrogens with one attached hydrogen (secondary N) is 1. The van der Waals surface area contributed by atoms with E-state index in [1.165, 1.54) is 0 Å². The molecule has 1 aliphatic heterocycles. The molecule has 1 aromatic carbocycles. The van der Waals surface area contributed by atoms with Crippen molar-refractivity contribution in [3.8, 4) is 11.5 Å². The van der Waals surface area contributed by atoms with Gasteiger partial charge in [0.25, 0.3) is 0 Å². The fourth-order valence-corrected chi connectivity index (χ4v) is 3.15. The Morgan fingerprint density at radius 3 is 2.22 bits per heavy atom. The van der Waals surface area contributed by atoms with Crippen LogP contribution in [0.4, 0.5) is 5.69 Å². The Labute approximate surface area is 160 Å². The number of nitrogens with two attached hydrogens (primary N) is 1. The molecule has 1 saturated heterocycles. The Morgan fingerprint density at radius 1 is 1.11 bits per heavy atom. The first-order valence-corrected chi connectivity index (χ1v) is 9.02. The number of ether oxygens (including phenoxy) is 2. The minimum Gasteiger partial charge on any atom is -0.493 e. The SMILES string of the molecule is COc1ccc(NC(=O)[C@@H](C)N2CCN(C(C)(C)C(N)=O)CC2)cc1OC. The largest absolute Gasteiger partial charge is 0.493 e. The number of amides is 2. The summed E-state index contributed by atoms with van der Waals surface area (Å²) in [7, 11) is 3.12. The van der Waals surface area contributed by atoms with Crippen LogP contribution in [0.1, 0.15) is 20.8 Å². The number of piperazine rings is 1. The van der Waals surface area contributed by atoms with Crippen LogP contribution < -0.4 is 20.5 Å². The van der Waals surface area contributed by atoms with Crippen molar-refractivity contribution in [2.45, 2.75) is 32.4 Å². The van der Waals surface area contributed by atoms with Crippen LogP contribution in [0.3, 0.4) is 0 Å². The van der Waals surface area contributed by atoms with Gasteiger partial charge in [-0.1, -0.05) is 0 Å². The molecule has 1 heterocycles. The zero-order valence-electron chi connectivity index (χ0n) is 16.7. The number of methoxy groups -OCH3 is 2. The van der Waals surface area contributed by atoms with Crippen LogP contribution >= 0.6 is 0 Å². The summed E-state index contributed by atoms with van der Waals surface area (Å²) in [5, 5.41) is 2.92. The molecule has 2 rings (SSSR count). The van der Waals surface area contributed by atoms with Gasteiger partial charge in [-0.25, -0.2) is 0 Å². The molecule has 8 heteroatoms. The highest BCUT2D eigenvalue weighted by molar-refractivity contribution is 5.94. The first-order chi connectivity index (χ1) is 12.7. The fraction of sp³-hybridized carbons (Fsp3) is 0.579. The predicted octanol–water partition coefficient (Wildman–Crippen LogP) is 0.912. The maximum atomic E-state index is 12.6. The molecule has 1 aliphatic rings. The van der Waals surface area contributed by atoms with Crippen molar-refractivity contribution < 1.29 is 19.1 Å². The van der Waals surface area contributed by atoms with E-state index in [0.717, 1.165) is 0 Å². The van der Waals surface area contributed by atoms with Crippen molar-refractivity contribution in [2.75, 3.05) is 45.7 Å². The molecule has 0 saturated carbocycles. The highest BCUT2D eigenvalue weighted by Crippen LogP contribution is 2.30. The lowest BCUT2D eigenvalue weighted by molar-refractivity contribution is -0.131. The quantitative estimate of drug-likeness (QED) is 0.732. The van der Waals surface area contributed by atoms with Crippen LogP contribution in [0.5, 0.6) is 11.5 Å². The van der Waals surface area contributed by atoms with Crippen molar-refractivity contribution in [1.82, 2.24) is 9.80 Å². The molecule has 1 fully saturated rings. The Balaban J connectivity index is 1.96. The van der Waals surface area contributed by atoms with Gasteiger partial charge in [-0.2, -0.15) is 0 Å². The van der Waals surface area contributed by atoms with E-state index in [9.17, 15) is 9.59 Å². The number of hydrogen-bond acceptors (Lipinski definition) is 6. The summed E-state index contributed by atoms with van der Waals surface area (Å²) in [6.45, 7) is 8.30. The number of rotatable bonds is 7. The number of carbonyl (C=O) groups excluding carboxylic acids is 2. The highest BCUT2D eigenvalue weighted by Gasteiger charge is 2.36. The molecular formula is C19H30N4O4. The van der Waals surface area contributed by atoms with E-state index in [1.807, 2.05) is 20.8 Å². The first-order valence-electron chi connectivity index (χ1n) is 9.02. The van der Waals surface area contributed by atoms with Gasteiger partial charge in [-0.05, 0) is 32.9 Å². The summed E-state index contributed by atoms with van der Waals surface area (Å²) in [4.78, 5) is 28.4. The molecule has 0 spiro atoms. The lowest BCUT2D eigenvalue weighted by atomic mass is 10.0. The number of nitrogens with zero attached hydrogens (tertiary/aromatic N) is 2. The van der Waals surface area contributed by atoms with Crippen molar-refractivity contribution in [1.29, 1.82) is 0 Å². The van der Waals surface area contributed by atoms with Crippen LogP contribution in [0.25, 0.3) is 0 Å². The van der Waals surface area contributed by atoms with E-state index in [4.69, 9.17) is 15.2 Å². The van der Waals surface area contributed by atoms with E-state index in [1.54, 1.807) is 32.4 Å². The van der Waals surface area contributed by atoms with Gasteiger partial charge < -0.3 is 20.5 Å². The molecule has 8 nitrogen and oxygen atoms in total. The van der Waals surface area contributed by atoms with Crippen LogP contribution in [0, 0.1) is 0 Å². The third-order valence-corrected chi connectivity index (χ3v) is 5.29. The van der Waals surface area contributed by atoms with Crippen LogP contribution in [-0.2, 0) is 9.59 Å². The molecule has 3 N–H and O–H groups in total. The summed E-state index contributed by atoms with van der Waals surface area (Å²) in [6.07, 6.45) is 0. The normalized spacial score (nSPS) is 17.2. The Hall–Kier alpha value is -2.32. The smallest absolute Gasteiger partial charge is 0.241 e. The Bertz CT molecular complexity index is 684. The second-order valence-corrected chi connectivity index (χ2v) is 7.18. The number of benzene rings is 1. The molecule has 0 aliphatic carbocycles. The molecule has 150 valence electrons. The predicted molar refractivity (Wildman–Crippen MR) is 104 cm³/mol. The topological polar surface area (TPSA) is 97.1 Å². The zero-order chi connectivity index (χ0) is 20.2. The summed E-state index contributed by atoms with van der Waals surface area (Å²) >= 11 is 0.